The minimum absolute atomic E-state index is 0.273. The second-order valence-electron chi connectivity index (χ2n) is 4.75. The number of rotatable bonds is 3. The molecule has 0 spiro atoms. The van der Waals surface area contributed by atoms with E-state index >= 15 is 0 Å². The van der Waals surface area contributed by atoms with E-state index in [2.05, 4.69) is 4.98 Å². The van der Waals surface area contributed by atoms with E-state index in [9.17, 15) is 4.79 Å². The highest BCUT2D eigenvalue weighted by atomic mass is 16.4. The van der Waals surface area contributed by atoms with Crippen molar-refractivity contribution in [3.05, 3.63) is 66.0 Å². The number of hydrogen-bond donors (Lipinski definition) is 2. The summed E-state index contributed by atoms with van der Waals surface area (Å²) in [6.45, 7) is 0.388. The molecule has 0 amide bonds. The van der Waals surface area contributed by atoms with Crippen LogP contribution in [0.3, 0.4) is 0 Å². The largest absolute Gasteiger partial charge is 0.478 e. The van der Waals surface area contributed by atoms with Gasteiger partial charge in [0.05, 0.1) is 11.3 Å². The zero-order valence-electron chi connectivity index (χ0n) is 11.3. The molecule has 0 aliphatic rings. The van der Waals surface area contributed by atoms with Gasteiger partial charge in [0.2, 0.25) is 0 Å². The predicted molar refractivity (Wildman–Crippen MR) is 82.0 cm³/mol. The summed E-state index contributed by atoms with van der Waals surface area (Å²) < 4.78 is 0. The fourth-order valence-corrected chi connectivity index (χ4v) is 2.44. The molecule has 3 rings (SSSR count). The van der Waals surface area contributed by atoms with Crippen molar-refractivity contribution in [2.24, 2.45) is 5.73 Å². The SMILES string of the molecule is NCc1ncc(-c2ccc(C(=O)O)cc2)c2ccccc12. The molecule has 1 heterocycles. The van der Waals surface area contributed by atoms with Crippen LogP contribution in [0.4, 0.5) is 0 Å². The second-order valence-corrected chi connectivity index (χ2v) is 4.75. The molecule has 4 nitrogen and oxygen atoms in total. The number of nitrogens with two attached hydrogens (primary N) is 1. The molecular formula is C17H14N2O2. The Morgan fingerprint density at radius 1 is 1.05 bits per heavy atom. The van der Waals surface area contributed by atoms with Crippen LogP contribution in [0.5, 0.6) is 0 Å². The van der Waals surface area contributed by atoms with Crippen molar-refractivity contribution in [3.8, 4) is 11.1 Å². The third kappa shape index (κ3) is 2.37. The van der Waals surface area contributed by atoms with Gasteiger partial charge in [-0.2, -0.15) is 0 Å². The number of aromatic carboxylic acids is 1. The van der Waals surface area contributed by atoms with Crippen LogP contribution in [-0.2, 0) is 6.54 Å². The number of benzene rings is 2. The minimum atomic E-state index is -0.928. The zero-order valence-corrected chi connectivity index (χ0v) is 11.3. The average Bonchev–Trinajstić information content (AvgIpc) is 2.54. The first kappa shape index (κ1) is 13.3. The number of fused-ring (bicyclic) bond motifs is 1. The Labute approximate surface area is 121 Å². The van der Waals surface area contributed by atoms with Crippen molar-refractivity contribution in [1.82, 2.24) is 4.98 Å². The highest BCUT2D eigenvalue weighted by Gasteiger charge is 2.09. The van der Waals surface area contributed by atoms with E-state index in [0.29, 0.717) is 6.54 Å². The molecule has 4 heteroatoms. The first-order valence-electron chi connectivity index (χ1n) is 6.61. The molecule has 21 heavy (non-hydrogen) atoms. The van der Waals surface area contributed by atoms with Gasteiger partial charge >= 0.3 is 5.97 Å². The lowest BCUT2D eigenvalue weighted by atomic mass is 9.98. The first-order valence-corrected chi connectivity index (χ1v) is 6.61. The van der Waals surface area contributed by atoms with Gasteiger partial charge in [-0.1, -0.05) is 36.4 Å². The molecule has 1 aromatic heterocycles. The van der Waals surface area contributed by atoms with Gasteiger partial charge in [-0.25, -0.2) is 4.79 Å². The minimum Gasteiger partial charge on any atom is -0.478 e. The Balaban J connectivity index is 2.18. The highest BCUT2D eigenvalue weighted by molar-refractivity contribution is 5.98. The van der Waals surface area contributed by atoms with Gasteiger partial charge < -0.3 is 10.8 Å². The van der Waals surface area contributed by atoms with E-state index in [-0.39, 0.29) is 5.56 Å². The topological polar surface area (TPSA) is 76.2 Å². The normalized spacial score (nSPS) is 10.7. The zero-order chi connectivity index (χ0) is 14.8. The summed E-state index contributed by atoms with van der Waals surface area (Å²) in [6.07, 6.45) is 1.79. The summed E-state index contributed by atoms with van der Waals surface area (Å²) in [5, 5.41) is 11.1. The van der Waals surface area contributed by atoms with Crippen LogP contribution in [-0.4, -0.2) is 16.1 Å². The third-order valence-electron chi connectivity index (χ3n) is 3.51. The van der Waals surface area contributed by atoms with Crippen LogP contribution in [0, 0.1) is 0 Å². The number of nitrogens with zero attached hydrogens (tertiary/aromatic N) is 1. The molecule has 0 radical (unpaired) electrons. The van der Waals surface area contributed by atoms with Crippen LogP contribution in [0.15, 0.2) is 54.7 Å². The molecule has 0 aliphatic carbocycles. The lowest BCUT2D eigenvalue weighted by Gasteiger charge is -2.10. The maximum absolute atomic E-state index is 10.9. The Morgan fingerprint density at radius 3 is 2.33 bits per heavy atom. The van der Waals surface area contributed by atoms with Crippen LogP contribution in [0.25, 0.3) is 21.9 Å². The monoisotopic (exact) mass is 278 g/mol. The summed E-state index contributed by atoms with van der Waals surface area (Å²) >= 11 is 0. The van der Waals surface area contributed by atoms with Crippen molar-refractivity contribution < 1.29 is 9.90 Å². The molecule has 3 N–H and O–H groups in total. The predicted octanol–water partition coefficient (Wildman–Crippen LogP) is 3.06. The first-order chi connectivity index (χ1) is 10.2. The Hall–Kier alpha value is -2.72. The van der Waals surface area contributed by atoms with E-state index in [0.717, 1.165) is 27.6 Å². The lowest BCUT2D eigenvalue weighted by Crippen LogP contribution is -2.01. The molecule has 0 bridgehead atoms. The maximum atomic E-state index is 10.9. The van der Waals surface area contributed by atoms with E-state index in [1.807, 2.05) is 24.3 Å². The fourth-order valence-electron chi connectivity index (χ4n) is 2.44. The summed E-state index contributed by atoms with van der Waals surface area (Å²) in [5.74, 6) is -0.928. The Kier molecular flexibility index (Phi) is 3.38. The number of carbonyl (C=O) groups is 1. The van der Waals surface area contributed by atoms with Gasteiger partial charge in [-0.05, 0) is 23.1 Å². The smallest absolute Gasteiger partial charge is 0.335 e. The summed E-state index contributed by atoms with van der Waals surface area (Å²) in [4.78, 5) is 15.3. The summed E-state index contributed by atoms with van der Waals surface area (Å²) in [6, 6.07) is 14.8. The molecule has 0 fully saturated rings. The highest BCUT2D eigenvalue weighted by Crippen LogP contribution is 2.29. The van der Waals surface area contributed by atoms with Gasteiger partial charge in [-0.3, -0.25) is 4.98 Å². The van der Waals surface area contributed by atoms with Gasteiger partial charge in [0.15, 0.2) is 0 Å². The standard InChI is InChI=1S/C17H14N2O2/c18-9-16-14-4-2-1-3-13(14)15(10-19-16)11-5-7-12(8-6-11)17(20)21/h1-8,10H,9,18H2,(H,20,21). The van der Waals surface area contributed by atoms with Crippen LogP contribution in [0.2, 0.25) is 0 Å². The molecule has 2 aromatic carbocycles. The van der Waals surface area contributed by atoms with E-state index in [4.69, 9.17) is 10.8 Å². The van der Waals surface area contributed by atoms with Crippen LogP contribution < -0.4 is 5.73 Å². The maximum Gasteiger partial charge on any atom is 0.335 e. The van der Waals surface area contributed by atoms with Gasteiger partial charge in [-0.15, -0.1) is 0 Å². The number of aromatic nitrogens is 1. The number of hydrogen-bond acceptors (Lipinski definition) is 3. The van der Waals surface area contributed by atoms with Crippen molar-refractivity contribution in [1.29, 1.82) is 0 Å². The van der Waals surface area contributed by atoms with Gasteiger partial charge in [0.25, 0.3) is 0 Å². The second kappa shape index (κ2) is 5.34. The number of carboxylic acids is 1. The Morgan fingerprint density at radius 2 is 1.71 bits per heavy atom. The molecule has 3 aromatic rings. The molecular weight excluding hydrogens is 264 g/mol. The fraction of sp³-hybridized carbons (Fsp3) is 0.0588. The molecule has 0 saturated heterocycles. The van der Waals surface area contributed by atoms with E-state index < -0.39 is 5.97 Å². The van der Waals surface area contributed by atoms with Crippen LogP contribution >= 0.6 is 0 Å². The van der Waals surface area contributed by atoms with E-state index in [1.165, 1.54) is 0 Å². The van der Waals surface area contributed by atoms with Crippen LogP contribution in [0.1, 0.15) is 16.1 Å². The summed E-state index contributed by atoms with van der Waals surface area (Å²) in [7, 11) is 0. The molecule has 0 unspecified atom stereocenters. The average molecular weight is 278 g/mol. The molecule has 0 aliphatic heterocycles. The van der Waals surface area contributed by atoms with E-state index in [1.54, 1.807) is 30.5 Å². The molecule has 0 saturated carbocycles. The van der Waals surface area contributed by atoms with Crippen molar-refractivity contribution in [2.45, 2.75) is 6.54 Å². The van der Waals surface area contributed by atoms with Gasteiger partial charge in [0, 0.05) is 23.7 Å². The van der Waals surface area contributed by atoms with Crippen molar-refractivity contribution >= 4 is 16.7 Å². The van der Waals surface area contributed by atoms with Gasteiger partial charge in [0.1, 0.15) is 0 Å². The quantitative estimate of drug-likeness (QED) is 0.772. The van der Waals surface area contributed by atoms with Crippen molar-refractivity contribution in [2.75, 3.05) is 0 Å². The van der Waals surface area contributed by atoms with Crippen molar-refractivity contribution in [3.63, 3.8) is 0 Å². The molecule has 104 valence electrons. The lowest BCUT2D eigenvalue weighted by molar-refractivity contribution is 0.0697. The summed E-state index contributed by atoms with van der Waals surface area (Å²) in [5.41, 5.74) is 8.77. The Bertz CT molecular complexity index is 811. The number of carboxylic acid groups (broad SMARTS) is 1. The number of pyridine rings is 1. The third-order valence-corrected chi connectivity index (χ3v) is 3.51. The molecule has 0 atom stereocenters.